The van der Waals surface area contributed by atoms with Gasteiger partial charge in [-0.1, -0.05) is 18.2 Å². The second kappa shape index (κ2) is 11.2. The highest BCUT2D eigenvalue weighted by atomic mass is 127. The van der Waals surface area contributed by atoms with Crippen molar-refractivity contribution in [2.75, 3.05) is 44.2 Å². The Morgan fingerprint density at radius 3 is 2.90 bits per heavy atom. The highest BCUT2D eigenvalue weighted by Gasteiger charge is 2.23. The van der Waals surface area contributed by atoms with E-state index >= 15 is 0 Å². The molecule has 0 bridgehead atoms. The monoisotopic (exact) mass is 525 g/mol. The molecule has 7 heteroatoms. The average Bonchev–Trinajstić information content (AvgIpc) is 3.38. The summed E-state index contributed by atoms with van der Waals surface area (Å²) in [6, 6.07) is 13.4. The molecule has 0 amide bonds. The maximum Gasteiger partial charge on any atom is 0.191 e. The van der Waals surface area contributed by atoms with E-state index in [1.54, 1.807) is 4.88 Å². The fourth-order valence-electron chi connectivity index (χ4n) is 4.07. The summed E-state index contributed by atoms with van der Waals surface area (Å²) in [4.78, 5) is 11.4. The molecule has 2 aliphatic rings. The minimum atomic E-state index is 0. The van der Waals surface area contributed by atoms with Crippen LogP contribution in [0.3, 0.4) is 0 Å². The first-order valence-electron chi connectivity index (χ1n) is 10.4. The molecule has 1 atom stereocenters. The molecule has 1 unspecified atom stereocenters. The average molecular weight is 526 g/mol. The van der Waals surface area contributed by atoms with Gasteiger partial charge in [0.15, 0.2) is 5.96 Å². The van der Waals surface area contributed by atoms with Crippen molar-refractivity contribution in [1.82, 2.24) is 15.5 Å². The predicted molar refractivity (Wildman–Crippen MR) is 135 cm³/mol. The number of nitrogens with one attached hydrogen (secondary N) is 2. The molecule has 1 aromatic heterocycles. The van der Waals surface area contributed by atoms with Crippen LogP contribution >= 0.6 is 35.3 Å². The molecule has 5 nitrogen and oxygen atoms in total. The molecule has 2 aromatic rings. The van der Waals surface area contributed by atoms with Crippen LogP contribution in [-0.2, 0) is 13.0 Å². The van der Waals surface area contributed by atoms with Crippen LogP contribution in [0.15, 0.2) is 46.8 Å². The molecule has 0 spiro atoms. The van der Waals surface area contributed by atoms with E-state index in [0.717, 1.165) is 58.2 Å². The largest absolute Gasteiger partial charge is 0.369 e. The van der Waals surface area contributed by atoms with E-state index < -0.39 is 0 Å². The zero-order valence-electron chi connectivity index (χ0n) is 17.1. The summed E-state index contributed by atoms with van der Waals surface area (Å²) in [5.41, 5.74) is 2.82. The van der Waals surface area contributed by atoms with Gasteiger partial charge in [-0.3, -0.25) is 9.89 Å². The van der Waals surface area contributed by atoms with Crippen LogP contribution in [0.5, 0.6) is 0 Å². The molecule has 4 rings (SSSR count). The highest BCUT2D eigenvalue weighted by Crippen LogP contribution is 2.23. The topological polar surface area (TPSA) is 42.9 Å². The van der Waals surface area contributed by atoms with Gasteiger partial charge in [-0.05, 0) is 48.9 Å². The van der Waals surface area contributed by atoms with Gasteiger partial charge in [0.1, 0.15) is 0 Å². The molecule has 3 heterocycles. The molecule has 0 aliphatic carbocycles. The van der Waals surface area contributed by atoms with E-state index in [4.69, 9.17) is 4.99 Å². The molecule has 0 saturated carbocycles. The van der Waals surface area contributed by atoms with E-state index in [0.29, 0.717) is 6.04 Å². The number of guanidine groups is 1. The lowest BCUT2D eigenvalue weighted by Crippen LogP contribution is -2.45. The van der Waals surface area contributed by atoms with E-state index in [1.165, 1.54) is 17.7 Å². The number of fused-ring (bicyclic) bond motifs is 1. The SMILES string of the molecule is CCNC(=NCCN1CCc2sccc2C1)NC1CCN(c2ccccc2)C1.I. The van der Waals surface area contributed by atoms with Crippen molar-refractivity contribution in [2.24, 2.45) is 4.99 Å². The summed E-state index contributed by atoms with van der Waals surface area (Å²) in [7, 11) is 0. The lowest BCUT2D eigenvalue weighted by Gasteiger charge is -2.26. The molecule has 1 aromatic carbocycles. The van der Waals surface area contributed by atoms with Gasteiger partial charge in [-0.15, -0.1) is 35.3 Å². The van der Waals surface area contributed by atoms with Crippen molar-refractivity contribution in [3.05, 3.63) is 52.2 Å². The fraction of sp³-hybridized carbons (Fsp3) is 0.500. The van der Waals surface area contributed by atoms with Crippen LogP contribution in [0, 0.1) is 0 Å². The molecular formula is C22H32IN5S. The third kappa shape index (κ3) is 6.08. The predicted octanol–water partition coefficient (Wildman–Crippen LogP) is 3.56. The van der Waals surface area contributed by atoms with Crippen LogP contribution in [0.2, 0.25) is 0 Å². The molecule has 2 aliphatic heterocycles. The van der Waals surface area contributed by atoms with E-state index in [9.17, 15) is 0 Å². The van der Waals surface area contributed by atoms with Gasteiger partial charge in [-0.2, -0.15) is 0 Å². The molecule has 1 fully saturated rings. The maximum absolute atomic E-state index is 4.85. The summed E-state index contributed by atoms with van der Waals surface area (Å²) >= 11 is 1.90. The Hall–Kier alpha value is -1.32. The number of hydrogen-bond donors (Lipinski definition) is 2. The zero-order chi connectivity index (χ0) is 19.2. The first-order valence-corrected chi connectivity index (χ1v) is 11.3. The number of aliphatic imine (C=N–C) groups is 1. The van der Waals surface area contributed by atoms with Crippen molar-refractivity contribution >= 4 is 47.0 Å². The number of thiophene rings is 1. The van der Waals surface area contributed by atoms with Crippen molar-refractivity contribution in [3.63, 3.8) is 0 Å². The van der Waals surface area contributed by atoms with E-state index in [2.05, 4.69) is 69.1 Å². The maximum atomic E-state index is 4.85. The summed E-state index contributed by atoms with van der Waals surface area (Å²) in [5, 5.41) is 9.29. The van der Waals surface area contributed by atoms with Crippen LogP contribution < -0.4 is 15.5 Å². The number of para-hydroxylation sites is 1. The van der Waals surface area contributed by atoms with Crippen molar-refractivity contribution in [3.8, 4) is 0 Å². The van der Waals surface area contributed by atoms with Gasteiger partial charge in [0.25, 0.3) is 0 Å². The Kier molecular flexibility index (Phi) is 8.62. The minimum absolute atomic E-state index is 0. The van der Waals surface area contributed by atoms with Crippen LogP contribution in [0.25, 0.3) is 0 Å². The first-order chi connectivity index (χ1) is 13.8. The summed E-state index contributed by atoms with van der Waals surface area (Å²) in [6.45, 7) is 9.23. The van der Waals surface area contributed by atoms with Gasteiger partial charge < -0.3 is 15.5 Å². The second-order valence-corrected chi connectivity index (χ2v) is 8.57. The Morgan fingerprint density at radius 1 is 1.21 bits per heavy atom. The van der Waals surface area contributed by atoms with Crippen LogP contribution in [0.1, 0.15) is 23.8 Å². The molecule has 29 heavy (non-hydrogen) atoms. The van der Waals surface area contributed by atoms with Gasteiger partial charge in [0, 0.05) is 55.9 Å². The third-order valence-corrected chi connectivity index (χ3v) is 6.59. The molecule has 0 radical (unpaired) electrons. The molecular weight excluding hydrogens is 493 g/mol. The lowest BCUT2D eigenvalue weighted by atomic mass is 10.1. The number of halogens is 1. The van der Waals surface area contributed by atoms with Crippen molar-refractivity contribution in [2.45, 2.75) is 32.4 Å². The Morgan fingerprint density at radius 2 is 2.07 bits per heavy atom. The van der Waals surface area contributed by atoms with Crippen molar-refractivity contribution < 1.29 is 0 Å². The third-order valence-electron chi connectivity index (χ3n) is 5.57. The summed E-state index contributed by atoms with van der Waals surface area (Å²) in [5.74, 6) is 0.954. The zero-order valence-corrected chi connectivity index (χ0v) is 20.3. The molecule has 158 valence electrons. The van der Waals surface area contributed by atoms with Crippen LogP contribution in [0.4, 0.5) is 5.69 Å². The number of benzene rings is 1. The number of rotatable bonds is 6. The fourth-order valence-corrected chi connectivity index (χ4v) is 4.96. The van der Waals surface area contributed by atoms with Gasteiger partial charge in [0.2, 0.25) is 0 Å². The lowest BCUT2D eigenvalue weighted by molar-refractivity contribution is 0.263. The minimum Gasteiger partial charge on any atom is -0.369 e. The highest BCUT2D eigenvalue weighted by molar-refractivity contribution is 14.0. The number of nitrogens with zero attached hydrogens (tertiary/aromatic N) is 3. The Balaban J connectivity index is 0.00000240. The summed E-state index contributed by atoms with van der Waals surface area (Å²) < 4.78 is 0. The van der Waals surface area contributed by atoms with E-state index in [-0.39, 0.29) is 24.0 Å². The molecule has 1 saturated heterocycles. The number of anilines is 1. The smallest absolute Gasteiger partial charge is 0.191 e. The quantitative estimate of drug-likeness (QED) is 0.344. The summed E-state index contributed by atoms with van der Waals surface area (Å²) in [6.07, 6.45) is 2.33. The van der Waals surface area contributed by atoms with Crippen molar-refractivity contribution in [1.29, 1.82) is 0 Å². The van der Waals surface area contributed by atoms with Gasteiger partial charge in [-0.25, -0.2) is 0 Å². The first kappa shape index (κ1) is 22.4. The standard InChI is InChI=1S/C22H31N5S.HI/c1-2-23-22(24-11-14-26-12-9-21-18(16-26)10-15-28-21)25-19-8-13-27(17-19)20-6-4-3-5-7-20;/h3-7,10,15,19H,2,8-9,11-14,16-17H2,1H3,(H2,23,24,25);1H. The normalized spacial score (nSPS) is 19.6. The van der Waals surface area contributed by atoms with Gasteiger partial charge >= 0.3 is 0 Å². The Bertz CT molecular complexity index is 779. The van der Waals surface area contributed by atoms with Crippen LogP contribution in [-0.4, -0.2) is 56.2 Å². The second-order valence-electron chi connectivity index (χ2n) is 7.57. The number of hydrogen-bond acceptors (Lipinski definition) is 4. The Labute approximate surface area is 195 Å². The van der Waals surface area contributed by atoms with Gasteiger partial charge in [0.05, 0.1) is 6.54 Å². The molecule has 2 N–H and O–H groups in total. The van der Waals surface area contributed by atoms with E-state index in [1.807, 2.05) is 11.3 Å².